The van der Waals surface area contributed by atoms with Gasteiger partial charge < -0.3 is 15.2 Å². The zero-order valence-corrected chi connectivity index (χ0v) is 11.1. The molecule has 1 rings (SSSR count). The summed E-state index contributed by atoms with van der Waals surface area (Å²) in [5, 5.41) is 11.1. The highest BCUT2D eigenvalue weighted by Gasteiger charge is 2.25. The molecule has 1 aromatic carbocycles. The van der Waals surface area contributed by atoms with E-state index in [4.69, 9.17) is 9.84 Å². The van der Waals surface area contributed by atoms with Crippen molar-refractivity contribution < 1.29 is 19.4 Å². The normalized spacial score (nSPS) is 12.0. The molecule has 104 valence electrons. The quantitative estimate of drug-likeness (QED) is 0.748. The Bertz CT molecular complexity index is 417. The molecule has 19 heavy (non-hydrogen) atoms. The lowest BCUT2D eigenvalue weighted by Crippen LogP contribution is -2.46. The molecule has 0 spiro atoms. The molecule has 0 unspecified atom stereocenters. The maximum atomic E-state index is 11.9. The molecule has 0 aliphatic rings. The van der Waals surface area contributed by atoms with Crippen LogP contribution in [0.25, 0.3) is 0 Å². The van der Waals surface area contributed by atoms with E-state index in [1.165, 1.54) is 0 Å². The number of rotatable bonds is 6. The molecule has 2 N–H and O–H groups in total. The maximum Gasteiger partial charge on any atom is 0.329 e. The van der Waals surface area contributed by atoms with Crippen LogP contribution in [-0.2, 0) is 20.9 Å². The van der Waals surface area contributed by atoms with Gasteiger partial charge in [-0.3, -0.25) is 4.79 Å². The van der Waals surface area contributed by atoms with Crippen molar-refractivity contribution in [3.63, 3.8) is 0 Å². The lowest BCUT2D eigenvalue weighted by Gasteiger charge is -2.20. The van der Waals surface area contributed by atoms with Crippen molar-refractivity contribution in [2.45, 2.75) is 26.5 Å². The summed E-state index contributed by atoms with van der Waals surface area (Å²) in [5.74, 6) is -1.20. The van der Waals surface area contributed by atoms with E-state index in [1.54, 1.807) is 13.8 Å². The minimum absolute atomic E-state index is 0.112. The molecule has 0 saturated carbocycles. The van der Waals surface area contributed by atoms with Crippen molar-refractivity contribution in [1.82, 2.24) is 5.32 Å². The fourth-order valence-electron chi connectivity index (χ4n) is 1.54. The Hall–Kier alpha value is -1.88. The number of aliphatic hydroxyl groups is 1. The topological polar surface area (TPSA) is 75.6 Å². The van der Waals surface area contributed by atoms with Crippen molar-refractivity contribution in [1.29, 1.82) is 0 Å². The summed E-state index contributed by atoms with van der Waals surface area (Å²) in [6.45, 7) is 3.12. The number of carbonyl (C=O) groups is 2. The third-order valence-electron chi connectivity index (χ3n) is 2.60. The van der Waals surface area contributed by atoms with Gasteiger partial charge in [-0.1, -0.05) is 44.2 Å². The molecule has 5 nitrogen and oxygen atoms in total. The molecule has 0 heterocycles. The molecule has 5 heteroatoms. The highest BCUT2D eigenvalue weighted by Crippen LogP contribution is 2.07. The van der Waals surface area contributed by atoms with Crippen molar-refractivity contribution in [3.8, 4) is 0 Å². The Morgan fingerprint density at radius 3 is 2.42 bits per heavy atom. The second-order valence-electron chi connectivity index (χ2n) is 4.54. The van der Waals surface area contributed by atoms with Crippen LogP contribution in [0.1, 0.15) is 19.4 Å². The number of amides is 1. The number of esters is 1. The van der Waals surface area contributed by atoms with Crippen molar-refractivity contribution in [3.05, 3.63) is 35.9 Å². The SMILES string of the molecule is CC(C)[C@H](NC(=O)CO)C(=O)OCc1ccccc1. The van der Waals surface area contributed by atoms with Gasteiger partial charge in [0.25, 0.3) is 0 Å². The van der Waals surface area contributed by atoms with Gasteiger partial charge >= 0.3 is 5.97 Å². The summed E-state index contributed by atoms with van der Waals surface area (Å²) in [6.07, 6.45) is 0. The maximum absolute atomic E-state index is 11.9. The fourth-order valence-corrected chi connectivity index (χ4v) is 1.54. The molecule has 0 aromatic heterocycles. The summed E-state index contributed by atoms with van der Waals surface area (Å²) in [6, 6.07) is 8.55. The minimum atomic E-state index is -0.747. The van der Waals surface area contributed by atoms with Gasteiger partial charge in [-0.25, -0.2) is 4.79 Å². The average Bonchev–Trinajstić information content (AvgIpc) is 2.42. The van der Waals surface area contributed by atoms with E-state index in [9.17, 15) is 9.59 Å². The summed E-state index contributed by atoms with van der Waals surface area (Å²) in [5.41, 5.74) is 0.881. The number of hydrogen-bond donors (Lipinski definition) is 2. The first kappa shape index (κ1) is 15.2. The Morgan fingerprint density at radius 2 is 1.89 bits per heavy atom. The van der Waals surface area contributed by atoms with Crippen LogP contribution in [0.15, 0.2) is 30.3 Å². The van der Waals surface area contributed by atoms with E-state index < -0.39 is 24.5 Å². The average molecular weight is 265 g/mol. The zero-order chi connectivity index (χ0) is 14.3. The lowest BCUT2D eigenvalue weighted by molar-refractivity contribution is -0.150. The minimum Gasteiger partial charge on any atom is -0.459 e. The van der Waals surface area contributed by atoms with Crippen molar-refractivity contribution in [2.24, 2.45) is 5.92 Å². The largest absolute Gasteiger partial charge is 0.459 e. The third-order valence-corrected chi connectivity index (χ3v) is 2.60. The molecule has 1 amide bonds. The first-order valence-electron chi connectivity index (χ1n) is 6.15. The number of nitrogens with one attached hydrogen (secondary N) is 1. The molecule has 0 fully saturated rings. The summed E-state index contributed by atoms with van der Waals surface area (Å²) in [4.78, 5) is 23.0. The smallest absolute Gasteiger partial charge is 0.329 e. The third kappa shape index (κ3) is 5.09. The van der Waals surface area contributed by atoms with Crippen LogP contribution in [0.2, 0.25) is 0 Å². The van der Waals surface area contributed by atoms with Crippen LogP contribution in [0.3, 0.4) is 0 Å². The molecule has 0 saturated heterocycles. The summed E-state index contributed by atoms with van der Waals surface area (Å²) in [7, 11) is 0. The molecule has 0 aliphatic carbocycles. The van der Waals surface area contributed by atoms with Gasteiger partial charge in [0.2, 0.25) is 5.91 Å². The highest BCUT2D eigenvalue weighted by molar-refractivity contribution is 5.85. The standard InChI is InChI=1S/C14H19NO4/c1-10(2)13(15-12(17)8-16)14(18)19-9-11-6-4-3-5-7-11/h3-7,10,13,16H,8-9H2,1-2H3,(H,15,17)/t13-/m0/s1. The molecular weight excluding hydrogens is 246 g/mol. The number of benzene rings is 1. The van der Waals surface area contributed by atoms with Crippen LogP contribution in [0.5, 0.6) is 0 Å². The lowest BCUT2D eigenvalue weighted by atomic mass is 10.0. The van der Waals surface area contributed by atoms with E-state index in [2.05, 4.69) is 5.32 Å². The molecule has 0 aliphatic heterocycles. The van der Waals surface area contributed by atoms with Gasteiger partial charge in [0.15, 0.2) is 0 Å². The van der Waals surface area contributed by atoms with E-state index in [0.717, 1.165) is 5.56 Å². The number of aliphatic hydroxyl groups excluding tert-OH is 1. The van der Waals surface area contributed by atoms with Crippen molar-refractivity contribution >= 4 is 11.9 Å². The van der Waals surface area contributed by atoms with Crippen LogP contribution in [-0.4, -0.2) is 29.6 Å². The first-order chi connectivity index (χ1) is 9.04. The summed E-state index contributed by atoms with van der Waals surface area (Å²) < 4.78 is 5.16. The zero-order valence-electron chi connectivity index (χ0n) is 11.1. The predicted molar refractivity (Wildman–Crippen MR) is 70.1 cm³/mol. The number of hydrogen-bond acceptors (Lipinski definition) is 4. The molecule has 0 radical (unpaired) electrons. The van der Waals surface area contributed by atoms with Crippen molar-refractivity contribution in [2.75, 3.05) is 6.61 Å². The van der Waals surface area contributed by atoms with E-state index in [1.807, 2.05) is 30.3 Å². The highest BCUT2D eigenvalue weighted by atomic mass is 16.5. The van der Waals surface area contributed by atoms with Crippen LogP contribution >= 0.6 is 0 Å². The van der Waals surface area contributed by atoms with Gasteiger partial charge in [-0.05, 0) is 11.5 Å². The number of carbonyl (C=O) groups excluding carboxylic acids is 2. The number of ether oxygens (including phenoxy) is 1. The molecule has 1 aromatic rings. The van der Waals surface area contributed by atoms with Gasteiger partial charge in [0, 0.05) is 0 Å². The van der Waals surface area contributed by atoms with Gasteiger partial charge in [-0.2, -0.15) is 0 Å². The second kappa shape index (κ2) is 7.53. The van der Waals surface area contributed by atoms with Crippen LogP contribution < -0.4 is 5.32 Å². The second-order valence-corrected chi connectivity index (χ2v) is 4.54. The predicted octanol–water partition coefficient (Wildman–Crippen LogP) is 0.863. The molecule has 1 atom stereocenters. The Balaban J connectivity index is 2.55. The van der Waals surface area contributed by atoms with Crippen LogP contribution in [0.4, 0.5) is 0 Å². The van der Waals surface area contributed by atoms with Gasteiger partial charge in [0.1, 0.15) is 19.3 Å². The monoisotopic (exact) mass is 265 g/mol. The summed E-state index contributed by atoms with van der Waals surface area (Å²) >= 11 is 0. The van der Waals surface area contributed by atoms with E-state index >= 15 is 0 Å². The molecular formula is C14H19NO4. The Kier molecular flexibility index (Phi) is 6.02. The van der Waals surface area contributed by atoms with E-state index in [-0.39, 0.29) is 12.5 Å². The first-order valence-corrected chi connectivity index (χ1v) is 6.15. The Morgan fingerprint density at radius 1 is 1.26 bits per heavy atom. The van der Waals surface area contributed by atoms with Gasteiger partial charge in [0.05, 0.1) is 0 Å². The van der Waals surface area contributed by atoms with Crippen LogP contribution in [0, 0.1) is 5.92 Å². The molecule has 0 bridgehead atoms. The Labute approximate surface area is 112 Å². The fraction of sp³-hybridized carbons (Fsp3) is 0.429. The van der Waals surface area contributed by atoms with Gasteiger partial charge in [-0.15, -0.1) is 0 Å². The van der Waals surface area contributed by atoms with E-state index in [0.29, 0.717) is 0 Å².